The number of nitrogens with zero attached hydrogens (tertiary/aromatic N) is 4. The Labute approximate surface area is 163 Å². The number of amides is 1. The molecule has 2 aromatic heterocycles. The first-order valence-electron chi connectivity index (χ1n) is 9.73. The molecule has 1 saturated heterocycles. The number of fused-ring (bicyclic) bond motifs is 2. The quantitative estimate of drug-likeness (QED) is 0.687. The Morgan fingerprint density at radius 2 is 1.89 bits per heavy atom. The van der Waals surface area contributed by atoms with Crippen LogP contribution in [0.25, 0.3) is 0 Å². The third-order valence-corrected chi connectivity index (χ3v) is 6.47. The summed E-state index contributed by atoms with van der Waals surface area (Å²) in [6.07, 6.45) is 9.94. The van der Waals surface area contributed by atoms with Gasteiger partial charge in [-0.15, -0.1) is 0 Å². The molecule has 5 rings (SSSR count). The Hall–Kier alpha value is -3.02. The number of hydrogen-bond donors (Lipinski definition) is 0. The number of aromatic nitrogens is 3. The Morgan fingerprint density at radius 1 is 1.14 bits per heavy atom. The minimum atomic E-state index is 0.0212. The number of rotatable bonds is 2. The minimum Gasteiger partial charge on any atom is -0.361 e. The van der Waals surface area contributed by atoms with Crippen LogP contribution in [0.15, 0.2) is 53.7 Å². The Bertz CT molecular complexity index is 1010. The van der Waals surface area contributed by atoms with Crippen LogP contribution in [0.3, 0.4) is 0 Å². The summed E-state index contributed by atoms with van der Waals surface area (Å²) in [5, 5.41) is 3.75. The first kappa shape index (κ1) is 17.1. The zero-order valence-electron chi connectivity index (χ0n) is 15.8. The van der Waals surface area contributed by atoms with Gasteiger partial charge in [-0.05, 0) is 48.3 Å². The molecule has 3 heterocycles. The van der Waals surface area contributed by atoms with Crippen molar-refractivity contribution >= 4 is 5.91 Å². The summed E-state index contributed by atoms with van der Waals surface area (Å²) < 4.78 is 5.07. The lowest BCUT2D eigenvalue weighted by molar-refractivity contribution is 0.0662. The third kappa shape index (κ3) is 2.63. The largest absolute Gasteiger partial charge is 0.361 e. The molecule has 1 aliphatic carbocycles. The molecule has 28 heavy (non-hydrogen) atoms. The molecular weight excluding hydrogens is 352 g/mol. The Morgan fingerprint density at radius 3 is 2.61 bits per heavy atom. The van der Waals surface area contributed by atoms with Gasteiger partial charge in [-0.3, -0.25) is 4.79 Å². The highest BCUT2D eigenvalue weighted by molar-refractivity contribution is 5.94. The fourth-order valence-electron chi connectivity index (χ4n) is 4.97. The van der Waals surface area contributed by atoms with Crippen LogP contribution in [-0.2, 0) is 5.41 Å². The van der Waals surface area contributed by atoms with Gasteiger partial charge >= 0.3 is 0 Å². The summed E-state index contributed by atoms with van der Waals surface area (Å²) in [7, 11) is 0. The highest BCUT2D eigenvalue weighted by atomic mass is 16.5. The summed E-state index contributed by atoms with van der Waals surface area (Å²) in [5.41, 5.74) is 4.66. The van der Waals surface area contributed by atoms with E-state index in [1.54, 1.807) is 13.3 Å². The van der Waals surface area contributed by atoms with E-state index in [4.69, 9.17) is 4.52 Å². The van der Waals surface area contributed by atoms with Crippen molar-refractivity contribution in [3.8, 4) is 0 Å². The molecule has 6 nitrogen and oxygen atoms in total. The van der Waals surface area contributed by atoms with Crippen LogP contribution in [0.2, 0.25) is 0 Å². The van der Waals surface area contributed by atoms with Crippen LogP contribution in [0, 0.1) is 6.92 Å². The van der Waals surface area contributed by atoms with Gasteiger partial charge < -0.3 is 9.42 Å². The molecule has 1 amide bonds. The van der Waals surface area contributed by atoms with Gasteiger partial charge in [0.2, 0.25) is 0 Å². The van der Waals surface area contributed by atoms with Crippen LogP contribution in [0.1, 0.15) is 58.0 Å². The van der Waals surface area contributed by atoms with E-state index >= 15 is 0 Å². The predicted molar refractivity (Wildman–Crippen MR) is 103 cm³/mol. The van der Waals surface area contributed by atoms with E-state index in [0.29, 0.717) is 17.2 Å². The number of aryl methyl sites for hydroxylation is 1. The van der Waals surface area contributed by atoms with Crippen LogP contribution < -0.4 is 0 Å². The van der Waals surface area contributed by atoms with Gasteiger partial charge in [0.05, 0.1) is 6.20 Å². The summed E-state index contributed by atoms with van der Waals surface area (Å²) in [6.45, 7) is 3.27. The maximum absolute atomic E-state index is 12.8. The second-order valence-electron chi connectivity index (χ2n) is 7.88. The molecule has 0 unspecified atom stereocenters. The van der Waals surface area contributed by atoms with Gasteiger partial charge in [-0.1, -0.05) is 29.4 Å². The van der Waals surface area contributed by atoms with Crippen LogP contribution in [0.5, 0.6) is 0 Å². The van der Waals surface area contributed by atoms with E-state index in [0.717, 1.165) is 32.4 Å². The standard InChI is InChI=1S/C22H22N4O2/c1-15-19(13-25-28-15)21(27)26-8-6-22(7-9-26)10-18(16-11-23-14-24-12-16)17-4-2-3-5-20(17)22/h2-5,11-14,18H,6-10H2,1H3/t18-/m0/s1. The molecule has 6 heteroatoms. The van der Waals surface area contributed by atoms with Crippen molar-refractivity contribution in [2.24, 2.45) is 0 Å². The maximum atomic E-state index is 12.8. The number of benzene rings is 1. The van der Waals surface area contributed by atoms with E-state index in [1.165, 1.54) is 22.9 Å². The van der Waals surface area contributed by atoms with Crippen molar-refractivity contribution in [3.05, 3.63) is 77.2 Å². The molecule has 0 N–H and O–H groups in total. The van der Waals surface area contributed by atoms with Crippen LogP contribution in [0.4, 0.5) is 0 Å². The van der Waals surface area contributed by atoms with Gasteiger partial charge in [0.1, 0.15) is 17.7 Å². The average Bonchev–Trinajstić information content (AvgIpc) is 3.31. The highest BCUT2D eigenvalue weighted by Crippen LogP contribution is 2.53. The summed E-state index contributed by atoms with van der Waals surface area (Å²) >= 11 is 0. The van der Waals surface area contributed by atoms with Crippen LogP contribution in [-0.4, -0.2) is 39.0 Å². The fraction of sp³-hybridized carbons (Fsp3) is 0.364. The lowest BCUT2D eigenvalue weighted by atomic mass is 9.73. The molecule has 2 aliphatic rings. The van der Waals surface area contributed by atoms with E-state index < -0.39 is 0 Å². The first-order chi connectivity index (χ1) is 13.7. The summed E-state index contributed by atoms with van der Waals surface area (Å²) in [4.78, 5) is 23.2. The van der Waals surface area contributed by atoms with E-state index in [-0.39, 0.29) is 11.3 Å². The Balaban J connectivity index is 1.41. The van der Waals surface area contributed by atoms with Crippen molar-refractivity contribution in [2.75, 3.05) is 13.1 Å². The monoisotopic (exact) mass is 374 g/mol. The van der Waals surface area contributed by atoms with Crippen molar-refractivity contribution in [3.63, 3.8) is 0 Å². The topological polar surface area (TPSA) is 72.1 Å². The zero-order chi connectivity index (χ0) is 19.1. The molecule has 1 fully saturated rings. The predicted octanol–water partition coefficient (Wildman–Crippen LogP) is 3.48. The second kappa shape index (κ2) is 6.55. The second-order valence-corrected chi connectivity index (χ2v) is 7.88. The van der Waals surface area contributed by atoms with Gasteiger partial charge in [0.15, 0.2) is 0 Å². The number of piperidine rings is 1. The highest BCUT2D eigenvalue weighted by Gasteiger charge is 2.46. The normalized spacial score (nSPS) is 20.3. The van der Waals surface area contributed by atoms with Crippen molar-refractivity contribution in [2.45, 2.75) is 37.5 Å². The van der Waals surface area contributed by atoms with E-state index in [2.05, 4.69) is 39.4 Å². The smallest absolute Gasteiger partial charge is 0.259 e. The fourth-order valence-corrected chi connectivity index (χ4v) is 4.97. The SMILES string of the molecule is Cc1oncc1C(=O)N1CCC2(CC1)C[C@@H](c1cncnc1)c1ccccc12. The average molecular weight is 374 g/mol. The number of likely N-dealkylation sites (tertiary alicyclic amines) is 1. The van der Waals surface area contributed by atoms with Gasteiger partial charge in [0.25, 0.3) is 5.91 Å². The molecular formula is C22H22N4O2. The van der Waals surface area contributed by atoms with Crippen molar-refractivity contribution in [1.82, 2.24) is 20.0 Å². The molecule has 0 radical (unpaired) electrons. The van der Waals surface area contributed by atoms with Crippen molar-refractivity contribution in [1.29, 1.82) is 0 Å². The molecule has 1 aromatic carbocycles. The van der Waals surface area contributed by atoms with Gasteiger partial charge in [0, 0.05) is 31.4 Å². The first-order valence-corrected chi connectivity index (χ1v) is 9.73. The molecule has 1 aliphatic heterocycles. The maximum Gasteiger partial charge on any atom is 0.259 e. The van der Waals surface area contributed by atoms with Gasteiger partial charge in [-0.25, -0.2) is 9.97 Å². The molecule has 0 saturated carbocycles. The number of carbonyl (C=O) groups is 1. The Kier molecular flexibility index (Phi) is 4.00. The van der Waals surface area contributed by atoms with E-state index in [9.17, 15) is 4.79 Å². The van der Waals surface area contributed by atoms with Gasteiger partial charge in [-0.2, -0.15) is 0 Å². The third-order valence-electron chi connectivity index (χ3n) is 6.47. The molecule has 1 spiro atoms. The number of hydrogen-bond acceptors (Lipinski definition) is 5. The minimum absolute atomic E-state index is 0.0212. The van der Waals surface area contributed by atoms with Crippen LogP contribution >= 0.6 is 0 Å². The summed E-state index contributed by atoms with van der Waals surface area (Å²) in [6, 6.07) is 8.74. The molecule has 0 bridgehead atoms. The number of carbonyl (C=O) groups excluding carboxylic acids is 1. The molecule has 142 valence electrons. The lowest BCUT2D eigenvalue weighted by Gasteiger charge is -2.40. The lowest BCUT2D eigenvalue weighted by Crippen LogP contribution is -2.44. The van der Waals surface area contributed by atoms with Crippen molar-refractivity contribution < 1.29 is 9.32 Å². The zero-order valence-corrected chi connectivity index (χ0v) is 15.8. The molecule has 3 aromatic rings. The van der Waals surface area contributed by atoms with E-state index in [1.807, 2.05) is 17.3 Å². The molecule has 1 atom stereocenters. The summed E-state index contributed by atoms with van der Waals surface area (Å²) in [5.74, 6) is 0.925.